The van der Waals surface area contributed by atoms with E-state index in [2.05, 4.69) is 21.9 Å². The van der Waals surface area contributed by atoms with E-state index in [4.69, 9.17) is 4.74 Å². The minimum Gasteiger partial charge on any atom is -0.467 e. The summed E-state index contributed by atoms with van der Waals surface area (Å²) in [5, 5.41) is 5.52. The Labute approximate surface area is 108 Å². The highest BCUT2D eigenvalue weighted by molar-refractivity contribution is 5.83. The van der Waals surface area contributed by atoms with Crippen LogP contribution in [0.15, 0.2) is 12.2 Å². The summed E-state index contributed by atoms with van der Waals surface area (Å²) in [4.78, 5) is 22.2. The molecule has 0 heterocycles. The molecule has 0 aromatic heterocycles. The van der Waals surface area contributed by atoms with Crippen molar-refractivity contribution in [1.82, 2.24) is 10.6 Å². The van der Waals surface area contributed by atoms with E-state index in [1.165, 1.54) is 14.0 Å². The second-order valence-corrected chi connectivity index (χ2v) is 3.99. The van der Waals surface area contributed by atoms with Crippen LogP contribution in [-0.2, 0) is 19.1 Å². The lowest BCUT2D eigenvalue weighted by Crippen LogP contribution is -2.47. The van der Waals surface area contributed by atoms with Crippen LogP contribution >= 0.6 is 0 Å². The number of carbonyl (C=O) groups excluding carboxylic acids is 2. The highest BCUT2D eigenvalue weighted by Crippen LogP contribution is 1.88. The van der Waals surface area contributed by atoms with Gasteiger partial charge in [0.05, 0.1) is 20.3 Å². The van der Waals surface area contributed by atoms with Gasteiger partial charge in [-0.1, -0.05) is 12.2 Å². The molecule has 1 unspecified atom stereocenters. The van der Waals surface area contributed by atoms with Crippen molar-refractivity contribution in [3.8, 4) is 0 Å². The summed E-state index contributed by atoms with van der Waals surface area (Å²) >= 11 is 0. The third-order valence-electron chi connectivity index (χ3n) is 1.98. The number of nitrogens with one attached hydrogen (secondary N) is 2. The number of carbonyl (C=O) groups is 2. The van der Waals surface area contributed by atoms with Crippen LogP contribution in [-0.4, -0.2) is 51.3 Å². The van der Waals surface area contributed by atoms with Gasteiger partial charge in [-0.15, -0.1) is 0 Å². The normalized spacial score (nSPS) is 11.7. The smallest absolute Gasteiger partial charge is 0.329 e. The van der Waals surface area contributed by atoms with E-state index in [1.807, 2.05) is 6.92 Å². The highest BCUT2D eigenvalue weighted by Gasteiger charge is 2.19. The predicted octanol–water partition coefficient (Wildman–Crippen LogP) is -0.154. The first-order valence-electron chi connectivity index (χ1n) is 5.75. The Bertz CT molecular complexity index is 292. The molecule has 1 atom stereocenters. The molecule has 0 aromatic rings. The van der Waals surface area contributed by atoms with E-state index in [-0.39, 0.29) is 5.91 Å². The fraction of sp³-hybridized carbons (Fsp3) is 0.667. The topological polar surface area (TPSA) is 76.7 Å². The van der Waals surface area contributed by atoms with Gasteiger partial charge in [-0.05, 0) is 6.92 Å². The molecule has 104 valence electrons. The van der Waals surface area contributed by atoms with Crippen LogP contribution in [0.25, 0.3) is 0 Å². The molecule has 1 amide bonds. The first-order valence-corrected chi connectivity index (χ1v) is 5.75. The van der Waals surface area contributed by atoms with Gasteiger partial charge in [-0.3, -0.25) is 4.79 Å². The lowest BCUT2D eigenvalue weighted by Gasteiger charge is -2.16. The van der Waals surface area contributed by atoms with Crippen molar-refractivity contribution in [3.05, 3.63) is 12.2 Å². The molecule has 0 bridgehead atoms. The fourth-order valence-corrected chi connectivity index (χ4v) is 1.22. The van der Waals surface area contributed by atoms with E-state index in [9.17, 15) is 9.59 Å². The molecule has 0 radical (unpaired) electrons. The Hall–Kier alpha value is -1.40. The quantitative estimate of drug-likeness (QED) is 0.341. The van der Waals surface area contributed by atoms with Gasteiger partial charge in [0, 0.05) is 20.0 Å². The van der Waals surface area contributed by atoms with Crippen LogP contribution in [0.4, 0.5) is 0 Å². The minimum atomic E-state index is -0.673. The lowest BCUT2D eigenvalue weighted by atomic mass is 10.3. The molecule has 0 spiro atoms. The number of amides is 1. The Morgan fingerprint density at radius 3 is 2.50 bits per heavy atom. The summed E-state index contributed by atoms with van der Waals surface area (Å²) in [5.41, 5.74) is 0.959. The summed E-state index contributed by atoms with van der Waals surface area (Å²) in [6.45, 7) is 8.88. The third kappa shape index (κ3) is 8.72. The summed E-state index contributed by atoms with van der Waals surface area (Å²) in [6.07, 6.45) is 0. The maximum atomic E-state index is 11.3. The Kier molecular flexibility index (Phi) is 8.86. The number of methoxy groups -OCH3 is 1. The van der Waals surface area contributed by atoms with Crippen LogP contribution in [0.2, 0.25) is 0 Å². The molecule has 0 saturated carbocycles. The second-order valence-electron chi connectivity index (χ2n) is 3.99. The zero-order valence-electron chi connectivity index (χ0n) is 11.2. The van der Waals surface area contributed by atoms with Crippen molar-refractivity contribution in [2.75, 3.05) is 33.4 Å². The Balaban J connectivity index is 3.79. The van der Waals surface area contributed by atoms with Gasteiger partial charge >= 0.3 is 5.97 Å². The van der Waals surface area contributed by atoms with E-state index in [0.29, 0.717) is 26.3 Å². The van der Waals surface area contributed by atoms with E-state index in [1.54, 1.807) is 0 Å². The van der Waals surface area contributed by atoms with Gasteiger partial charge in [0.15, 0.2) is 0 Å². The molecule has 0 fully saturated rings. The van der Waals surface area contributed by atoms with Crippen molar-refractivity contribution in [2.45, 2.75) is 19.9 Å². The Morgan fingerprint density at radius 1 is 1.33 bits per heavy atom. The monoisotopic (exact) mass is 258 g/mol. The molecular weight excluding hydrogens is 236 g/mol. The van der Waals surface area contributed by atoms with Crippen molar-refractivity contribution in [2.24, 2.45) is 0 Å². The second kappa shape index (κ2) is 9.61. The van der Waals surface area contributed by atoms with Crippen LogP contribution in [0, 0.1) is 0 Å². The van der Waals surface area contributed by atoms with Crippen LogP contribution in [0.1, 0.15) is 13.8 Å². The number of esters is 1. The first kappa shape index (κ1) is 16.6. The van der Waals surface area contributed by atoms with Crippen molar-refractivity contribution < 1.29 is 19.1 Å². The van der Waals surface area contributed by atoms with Crippen LogP contribution in [0.3, 0.4) is 0 Å². The van der Waals surface area contributed by atoms with Gasteiger partial charge in [-0.2, -0.15) is 0 Å². The number of rotatable bonds is 9. The first-order chi connectivity index (χ1) is 8.47. The van der Waals surface area contributed by atoms with Crippen molar-refractivity contribution in [1.29, 1.82) is 0 Å². The molecule has 0 aromatic carbocycles. The lowest BCUT2D eigenvalue weighted by molar-refractivity contribution is -0.144. The summed E-state index contributed by atoms with van der Waals surface area (Å²) in [6, 6.07) is -0.673. The van der Waals surface area contributed by atoms with Gasteiger partial charge in [-0.25, -0.2) is 4.79 Å². The average molecular weight is 258 g/mol. The maximum absolute atomic E-state index is 11.3. The van der Waals surface area contributed by atoms with Crippen molar-refractivity contribution in [3.63, 3.8) is 0 Å². The largest absolute Gasteiger partial charge is 0.467 e. The third-order valence-corrected chi connectivity index (χ3v) is 1.98. The molecule has 0 aliphatic rings. The molecule has 0 saturated heterocycles. The number of ether oxygens (including phenoxy) is 2. The van der Waals surface area contributed by atoms with Crippen molar-refractivity contribution >= 4 is 11.9 Å². The van der Waals surface area contributed by atoms with Crippen LogP contribution in [0.5, 0.6) is 0 Å². The van der Waals surface area contributed by atoms with E-state index in [0.717, 1.165) is 5.57 Å². The molecule has 0 aliphatic heterocycles. The Morgan fingerprint density at radius 2 is 2.00 bits per heavy atom. The molecular formula is C12H22N2O4. The van der Waals surface area contributed by atoms with E-state index < -0.39 is 12.0 Å². The number of hydrogen-bond donors (Lipinski definition) is 2. The van der Waals surface area contributed by atoms with Gasteiger partial charge in [0.2, 0.25) is 5.91 Å². The molecule has 6 nitrogen and oxygen atoms in total. The molecule has 0 aliphatic carbocycles. The summed E-state index contributed by atoms with van der Waals surface area (Å²) in [5.74, 6) is -0.744. The number of hydrogen-bond acceptors (Lipinski definition) is 5. The average Bonchev–Trinajstić information content (AvgIpc) is 2.30. The van der Waals surface area contributed by atoms with Gasteiger partial charge in [0.25, 0.3) is 0 Å². The summed E-state index contributed by atoms with van der Waals surface area (Å²) < 4.78 is 9.87. The molecule has 18 heavy (non-hydrogen) atoms. The predicted molar refractivity (Wildman–Crippen MR) is 68.1 cm³/mol. The van der Waals surface area contributed by atoms with Gasteiger partial charge < -0.3 is 20.1 Å². The minimum absolute atomic E-state index is 0.272. The zero-order valence-corrected chi connectivity index (χ0v) is 11.2. The van der Waals surface area contributed by atoms with Gasteiger partial charge in [0.1, 0.15) is 6.04 Å². The summed E-state index contributed by atoms with van der Waals surface area (Å²) in [7, 11) is 1.28. The SMILES string of the molecule is C=C(C)COCCNCC(NC(C)=O)C(=O)OC. The molecule has 2 N–H and O–H groups in total. The van der Waals surface area contributed by atoms with E-state index >= 15 is 0 Å². The molecule has 0 rings (SSSR count). The van der Waals surface area contributed by atoms with Crippen LogP contribution < -0.4 is 10.6 Å². The standard InChI is InChI=1S/C12H22N2O4/c1-9(2)8-18-6-5-13-7-11(12(16)17-4)14-10(3)15/h11,13H,1,5-8H2,2-4H3,(H,14,15). The molecule has 6 heteroatoms. The highest BCUT2D eigenvalue weighted by atomic mass is 16.5. The zero-order chi connectivity index (χ0) is 14.0. The fourth-order valence-electron chi connectivity index (χ4n) is 1.22. The maximum Gasteiger partial charge on any atom is 0.329 e.